The van der Waals surface area contributed by atoms with Crippen LogP contribution in [-0.2, 0) is 25.8 Å². The SMILES string of the molecule is CCn1c(C=Cc2cnn(Cc3ccccc3C(F)(F)F)c2)c([N+](=O)[O-])c(=O)n(CC)c1=O. The summed E-state index contributed by atoms with van der Waals surface area (Å²) in [4.78, 5) is 35.7. The van der Waals surface area contributed by atoms with Crippen molar-refractivity contribution in [1.82, 2.24) is 18.9 Å². The first-order valence-corrected chi connectivity index (χ1v) is 9.96. The van der Waals surface area contributed by atoms with Crippen LogP contribution >= 0.6 is 0 Å². The fourth-order valence-corrected chi connectivity index (χ4v) is 3.46. The average Bonchev–Trinajstić information content (AvgIpc) is 3.19. The molecule has 174 valence electrons. The molecule has 0 aliphatic rings. The van der Waals surface area contributed by atoms with E-state index in [1.807, 2.05) is 0 Å². The zero-order chi connectivity index (χ0) is 24.3. The van der Waals surface area contributed by atoms with Gasteiger partial charge in [-0.3, -0.25) is 28.7 Å². The summed E-state index contributed by atoms with van der Waals surface area (Å²) in [6, 6.07) is 5.14. The van der Waals surface area contributed by atoms with Crippen LogP contribution in [0.5, 0.6) is 0 Å². The maximum Gasteiger partial charge on any atom is 0.416 e. The van der Waals surface area contributed by atoms with E-state index in [0.717, 1.165) is 15.2 Å². The molecule has 3 rings (SSSR count). The molecule has 0 bridgehead atoms. The first-order chi connectivity index (χ1) is 15.6. The van der Waals surface area contributed by atoms with Gasteiger partial charge < -0.3 is 0 Å². The van der Waals surface area contributed by atoms with Crippen LogP contribution < -0.4 is 11.2 Å². The minimum absolute atomic E-state index is 0.0192. The van der Waals surface area contributed by atoms with Gasteiger partial charge in [-0.25, -0.2) is 4.79 Å². The predicted octanol–water partition coefficient (Wildman–Crippen LogP) is 3.39. The second kappa shape index (κ2) is 9.27. The van der Waals surface area contributed by atoms with E-state index in [4.69, 9.17) is 0 Å². The molecule has 2 aromatic heterocycles. The normalized spacial score (nSPS) is 11.9. The van der Waals surface area contributed by atoms with Crippen molar-refractivity contribution in [3.8, 4) is 0 Å². The summed E-state index contributed by atoms with van der Waals surface area (Å²) in [5.41, 5.74) is -2.90. The van der Waals surface area contributed by atoms with Crippen LogP contribution in [-0.4, -0.2) is 23.8 Å². The number of hydrogen-bond donors (Lipinski definition) is 0. The molecule has 0 N–H and O–H groups in total. The summed E-state index contributed by atoms with van der Waals surface area (Å²) in [5.74, 6) is 0. The zero-order valence-electron chi connectivity index (χ0n) is 17.7. The van der Waals surface area contributed by atoms with Crippen molar-refractivity contribution in [3.05, 3.63) is 90.0 Å². The monoisotopic (exact) mass is 463 g/mol. The lowest BCUT2D eigenvalue weighted by Crippen LogP contribution is -2.41. The Labute approximate surface area is 185 Å². The molecule has 0 aliphatic carbocycles. The summed E-state index contributed by atoms with van der Waals surface area (Å²) >= 11 is 0. The molecule has 12 heteroatoms. The highest BCUT2D eigenvalue weighted by Crippen LogP contribution is 2.32. The molecule has 0 spiro atoms. The van der Waals surface area contributed by atoms with Crippen molar-refractivity contribution in [1.29, 1.82) is 0 Å². The summed E-state index contributed by atoms with van der Waals surface area (Å²) in [5, 5.41) is 15.6. The Morgan fingerprint density at radius 2 is 1.76 bits per heavy atom. The minimum Gasteiger partial charge on any atom is -0.288 e. The number of halogens is 3. The first kappa shape index (κ1) is 23.7. The van der Waals surface area contributed by atoms with Crippen LogP contribution in [0.15, 0.2) is 46.2 Å². The van der Waals surface area contributed by atoms with Gasteiger partial charge in [-0.1, -0.05) is 18.2 Å². The van der Waals surface area contributed by atoms with Crippen molar-refractivity contribution in [3.63, 3.8) is 0 Å². The lowest BCUT2D eigenvalue weighted by molar-refractivity contribution is -0.387. The van der Waals surface area contributed by atoms with Gasteiger partial charge in [-0.05, 0) is 37.6 Å². The third-order valence-corrected chi connectivity index (χ3v) is 5.00. The van der Waals surface area contributed by atoms with E-state index in [9.17, 15) is 32.9 Å². The number of rotatable bonds is 7. The molecular weight excluding hydrogens is 443 g/mol. The molecule has 1 aromatic carbocycles. The fraction of sp³-hybridized carbons (Fsp3) is 0.286. The topological polar surface area (TPSA) is 105 Å². The van der Waals surface area contributed by atoms with E-state index in [1.54, 1.807) is 6.92 Å². The van der Waals surface area contributed by atoms with Crippen molar-refractivity contribution in [2.45, 2.75) is 39.7 Å². The molecule has 0 saturated heterocycles. The first-order valence-electron chi connectivity index (χ1n) is 9.96. The molecule has 0 unspecified atom stereocenters. The Bertz CT molecular complexity index is 1330. The van der Waals surface area contributed by atoms with Crippen LogP contribution in [0.4, 0.5) is 18.9 Å². The number of aromatic nitrogens is 4. The van der Waals surface area contributed by atoms with Crippen LogP contribution in [0, 0.1) is 10.1 Å². The molecule has 3 aromatic rings. The average molecular weight is 463 g/mol. The van der Waals surface area contributed by atoms with Gasteiger partial charge in [0.2, 0.25) is 0 Å². The number of alkyl halides is 3. The van der Waals surface area contributed by atoms with Gasteiger partial charge in [-0.2, -0.15) is 18.3 Å². The summed E-state index contributed by atoms with van der Waals surface area (Å²) < 4.78 is 42.8. The Morgan fingerprint density at radius 1 is 1.09 bits per heavy atom. The smallest absolute Gasteiger partial charge is 0.288 e. The summed E-state index contributed by atoms with van der Waals surface area (Å²) in [6.45, 7) is 3.08. The van der Waals surface area contributed by atoms with Crippen molar-refractivity contribution in [2.75, 3.05) is 0 Å². The number of benzene rings is 1. The van der Waals surface area contributed by atoms with Gasteiger partial charge >= 0.3 is 23.1 Å². The maximum absolute atomic E-state index is 13.2. The number of hydrogen-bond acceptors (Lipinski definition) is 5. The predicted molar refractivity (Wildman–Crippen MR) is 115 cm³/mol. The Kier molecular flexibility index (Phi) is 6.65. The van der Waals surface area contributed by atoms with E-state index in [2.05, 4.69) is 5.10 Å². The van der Waals surface area contributed by atoms with Crippen LogP contribution in [0.1, 0.15) is 36.2 Å². The van der Waals surface area contributed by atoms with E-state index >= 15 is 0 Å². The molecule has 0 saturated carbocycles. The van der Waals surface area contributed by atoms with Crippen molar-refractivity contribution >= 4 is 17.8 Å². The van der Waals surface area contributed by atoms with Gasteiger partial charge in [0.25, 0.3) is 0 Å². The Balaban J connectivity index is 1.99. The third kappa shape index (κ3) is 4.78. The van der Waals surface area contributed by atoms with E-state index in [1.165, 1.54) is 54.4 Å². The molecular formula is C21H20F3N5O4. The molecule has 0 atom stereocenters. The second-order valence-electron chi connectivity index (χ2n) is 7.03. The minimum atomic E-state index is -4.51. The molecule has 33 heavy (non-hydrogen) atoms. The fourth-order valence-electron chi connectivity index (χ4n) is 3.46. The van der Waals surface area contributed by atoms with Crippen LogP contribution in [0.25, 0.3) is 12.2 Å². The highest BCUT2D eigenvalue weighted by molar-refractivity contribution is 5.71. The zero-order valence-corrected chi connectivity index (χ0v) is 17.7. The van der Waals surface area contributed by atoms with Gasteiger partial charge in [0.1, 0.15) is 5.69 Å². The summed E-state index contributed by atoms with van der Waals surface area (Å²) in [6.07, 6.45) is 0.976. The Hall–Kier alpha value is -3.96. The van der Waals surface area contributed by atoms with Gasteiger partial charge in [0, 0.05) is 24.8 Å². The quantitative estimate of drug-likeness (QED) is 0.395. The van der Waals surface area contributed by atoms with Gasteiger partial charge in [-0.15, -0.1) is 0 Å². The van der Waals surface area contributed by atoms with Crippen LogP contribution in [0.3, 0.4) is 0 Å². The molecule has 0 aliphatic heterocycles. The third-order valence-electron chi connectivity index (χ3n) is 5.00. The van der Waals surface area contributed by atoms with Crippen molar-refractivity contribution in [2.24, 2.45) is 0 Å². The van der Waals surface area contributed by atoms with E-state index in [0.29, 0.717) is 5.56 Å². The number of nitro groups is 1. The van der Waals surface area contributed by atoms with E-state index < -0.39 is 33.6 Å². The lowest BCUT2D eigenvalue weighted by atomic mass is 10.1. The standard InChI is InChI=1S/C21H20F3N5O4/c1-3-27-17(18(29(32)33)19(30)28(4-2)20(27)31)10-9-14-11-25-26(12-14)13-15-7-5-6-8-16(15)21(22,23)24/h5-12H,3-4,13H2,1-2H3. The summed E-state index contributed by atoms with van der Waals surface area (Å²) in [7, 11) is 0. The molecule has 0 fully saturated rings. The highest BCUT2D eigenvalue weighted by atomic mass is 19.4. The maximum atomic E-state index is 13.2. The number of nitrogens with zero attached hydrogens (tertiary/aromatic N) is 5. The van der Waals surface area contributed by atoms with Gasteiger partial charge in [0.15, 0.2) is 0 Å². The lowest BCUT2D eigenvalue weighted by Gasteiger charge is -2.12. The molecule has 2 heterocycles. The van der Waals surface area contributed by atoms with Gasteiger partial charge in [0.05, 0.1) is 23.2 Å². The van der Waals surface area contributed by atoms with Crippen LogP contribution in [0.2, 0.25) is 0 Å². The Morgan fingerprint density at radius 3 is 2.36 bits per heavy atom. The highest BCUT2D eigenvalue weighted by Gasteiger charge is 2.33. The largest absolute Gasteiger partial charge is 0.416 e. The molecule has 0 amide bonds. The van der Waals surface area contributed by atoms with Crippen molar-refractivity contribution < 1.29 is 18.1 Å². The van der Waals surface area contributed by atoms with E-state index in [-0.39, 0.29) is 30.9 Å². The molecule has 0 radical (unpaired) electrons. The second-order valence-corrected chi connectivity index (χ2v) is 7.03. The molecule has 9 nitrogen and oxygen atoms in total.